The zero-order valence-electron chi connectivity index (χ0n) is 18.1. The van der Waals surface area contributed by atoms with Crippen molar-refractivity contribution in [2.75, 3.05) is 6.54 Å². The molecule has 1 amide bonds. The van der Waals surface area contributed by atoms with Gasteiger partial charge in [0, 0.05) is 11.9 Å². The minimum Gasteiger partial charge on any atom is -0.444 e. The van der Waals surface area contributed by atoms with E-state index in [1.54, 1.807) is 37.8 Å². The van der Waals surface area contributed by atoms with Crippen molar-refractivity contribution in [1.82, 2.24) is 14.9 Å². The molecule has 178 valence electrons. The van der Waals surface area contributed by atoms with E-state index in [0.717, 1.165) is 12.5 Å². The topological polar surface area (TPSA) is 102 Å². The summed E-state index contributed by atoms with van der Waals surface area (Å²) < 4.78 is 70.1. The van der Waals surface area contributed by atoms with E-state index in [1.807, 2.05) is 0 Å². The van der Waals surface area contributed by atoms with Crippen molar-refractivity contribution in [3.8, 4) is 5.75 Å². The highest BCUT2D eigenvalue weighted by Crippen LogP contribution is 2.35. The van der Waals surface area contributed by atoms with Crippen LogP contribution in [-0.2, 0) is 14.9 Å². The fourth-order valence-corrected chi connectivity index (χ4v) is 4.22. The zero-order chi connectivity index (χ0) is 24.2. The van der Waals surface area contributed by atoms with E-state index < -0.39 is 33.1 Å². The van der Waals surface area contributed by atoms with E-state index in [-0.39, 0.29) is 6.04 Å². The summed E-state index contributed by atoms with van der Waals surface area (Å²) in [4.78, 5) is 22.1. The molecule has 1 fully saturated rings. The van der Waals surface area contributed by atoms with Crippen LogP contribution in [-0.4, -0.2) is 47.0 Å². The Morgan fingerprint density at radius 2 is 1.91 bits per heavy atom. The fraction of sp³-hybridized carbons (Fsp3) is 0.429. The van der Waals surface area contributed by atoms with Gasteiger partial charge in [0.1, 0.15) is 17.2 Å². The van der Waals surface area contributed by atoms with Crippen molar-refractivity contribution < 1.29 is 35.3 Å². The van der Waals surface area contributed by atoms with Gasteiger partial charge in [0.05, 0.1) is 17.1 Å². The van der Waals surface area contributed by atoms with Crippen LogP contribution < -0.4 is 4.18 Å². The van der Waals surface area contributed by atoms with Gasteiger partial charge in [0.15, 0.2) is 0 Å². The van der Waals surface area contributed by atoms with E-state index in [1.165, 1.54) is 12.1 Å². The van der Waals surface area contributed by atoms with Crippen molar-refractivity contribution in [2.45, 2.75) is 50.8 Å². The number of likely N-dealkylation sites (tertiary alicyclic amines) is 1. The molecule has 2 aromatic carbocycles. The quantitative estimate of drug-likeness (QED) is 0.413. The Balaban J connectivity index is 1.66. The van der Waals surface area contributed by atoms with E-state index in [9.17, 15) is 26.4 Å². The smallest absolute Gasteiger partial charge is 0.444 e. The zero-order valence-corrected chi connectivity index (χ0v) is 18.9. The predicted molar refractivity (Wildman–Crippen MR) is 114 cm³/mol. The van der Waals surface area contributed by atoms with Crippen molar-refractivity contribution in [3.05, 3.63) is 36.2 Å². The second-order valence-electron chi connectivity index (χ2n) is 8.78. The van der Waals surface area contributed by atoms with Gasteiger partial charge in [-0.2, -0.15) is 21.6 Å². The first-order chi connectivity index (χ1) is 15.2. The number of carbonyl (C=O) groups is 1. The maximum Gasteiger partial charge on any atom is 0.534 e. The van der Waals surface area contributed by atoms with Crippen LogP contribution >= 0.6 is 0 Å². The number of benzene rings is 2. The molecule has 1 aromatic heterocycles. The number of hydrogen-bond donors (Lipinski definition) is 1. The maximum absolute atomic E-state index is 12.6. The Bertz CT molecular complexity index is 1330. The van der Waals surface area contributed by atoms with E-state index in [2.05, 4.69) is 14.2 Å². The molecule has 0 aliphatic carbocycles. The highest BCUT2D eigenvalue weighted by atomic mass is 32.2. The molecule has 0 saturated carbocycles. The molecule has 33 heavy (non-hydrogen) atoms. The highest BCUT2D eigenvalue weighted by Gasteiger charge is 2.48. The van der Waals surface area contributed by atoms with Crippen molar-refractivity contribution in [1.29, 1.82) is 0 Å². The number of rotatable bonds is 3. The molecule has 2 heterocycles. The summed E-state index contributed by atoms with van der Waals surface area (Å²) in [6, 6.07) is 6.79. The van der Waals surface area contributed by atoms with Gasteiger partial charge < -0.3 is 13.9 Å². The van der Waals surface area contributed by atoms with Gasteiger partial charge in [-0.25, -0.2) is 9.78 Å². The van der Waals surface area contributed by atoms with Crippen molar-refractivity contribution in [3.63, 3.8) is 0 Å². The number of alkyl halides is 3. The molecular weight excluding hydrogens is 463 g/mol. The number of amides is 1. The molecule has 0 spiro atoms. The third kappa shape index (κ3) is 4.56. The number of nitrogens with one attached hydrogen (secondary N) is 1. The Morgan fingerprint density at radius 3 is 2.58 bits per heavy atom. The largest absolute Gasteiger partial charge is 0.534 e. The Hall–Kier alpha value is -3.02. The van der Waals surface area contributed by atoms with Gasteiger partial charge in [-0.3, -0.25) is 4.90 Å². The van der Waals surface area contributed by atoms with E-state index in [4.69, 9.17) is 4.74 Å². The number of aromatic amines is 1. The first kappa shape index (κ1) is 23.1. The third-order valence-corrected chi connectivity index (χ3v) is 6.12. The summed E-state index contributed by atoms with van der Waals surface area (Å²) in [5, 5.41) is 1.04. The van der Waals surface area contributed by atoms with E-state index >= 15 is 0 Å². The number of nitrogens with zero attached hydrogens (tertiary/aromatic N) is 2. The molecule has 1 atom stereocenters. The minimum absolute atomic E-state index is 0.304. The molecule has 1 aliphatic rings. The Morgan fingerprint density at radius 1 is 1.18 bits per heavy atom. The Kier molecular flexibility index (Phi) is 5.46. The van der Waals surface area contributed by atoms with Crippen LogP contribution in [0.3, 0.4) is 0 Å². The standard InChI is InChI=1S/C21H22F3N3O5S/c1-20(2,3)31-19(28)27-10-4-5-16(27)18-25-15-9-6-12-11-13(7-8-14(12)17(15)26-18)32-33(29,30)21(22,23)24/h6-9,11,16H,4-5,10H2,1-3H3,(H,25,26)/t16-/m0/s1. The normalized spacial score (nSPS) is 17.6. The minimum atomic E-state index is -5.77. The number of halogens is 3. The number of aromatic nitrogens is 2. The predicted octanol–water partition coefficient (Wildman–Crippen LogP) is 5.02. The number of ether oxygens (including phenoxy) is 1. The number of imidazole rings is 1. The molecule has 1 saturated heterocycles. The van der Waals surface area contributed by atoms with Gasteiger partial charge in [-0.05, 0) is 63.3 Å². The molecule has 0 unspecified atom stereocenters. The second-order valence-corrected chi connectivity index (χ2v) is 10.3. The molecule has 1 aliphatic heterocycles. The molecular formula is C21H22F3N3O5S. The second kappa shape index (κ2) is 7.79. The van der Waals surface area contributed by atoms with Gasteiger partial charge in [0.25, 0.3) is 0 Å². The molecule has 4 rings (SSSR count). The van der Waals surface area contributed by atoms with Gasteiger partial charge >= 0.3 is 21.7 Å². The summed E-state index contributed by atoms with van der Waals surface area (Å²) in [5.74, 6) is 0.114. The monoisotopic (exact) mass is 485 g/mol. The lowest BCUT2D eigenvalue weighted by Crippen LogP contribution is -2.36. The Labute approximate surface area is 187 Å². The lowest BCUT2D eigenvalue weighted by atomic mass is 10.1. The summed E-state index contributed by atoms with van der Waals surface area (Å²) >= 11 is 0. The van der Waals surface area contributed by atoms with Gasteiger partial charge in [0.2, 0.25) is 0 Å². The molecule has 3 aromatic rings. The van der Waals surface area contributed by atoms with E-state index in [0.29, 0.717) is 40.6 Å². The van der Waals surface area contributed by atoms with Crippen LogP contribution in [0.15, 0.2) is 30.3 Å². The van der Waals surface area contributed by atoms with Crippen LogP contribution in [0.1, 0.15) is 45.5 Å². The van der Waals surface area contributed by atoms with Crippen LogP contribution in [0.4, 0.5) is 18.0 Å². The first-order valence-electron chi connectivity index (χ1n) is 10.2. The average Bonchev–Trinajstić information content (AvgIpc) is 3.32. The van der Waals surface area contributed by atoms with Crippen LogP contribution in [0.5, 0.6) is 5.75 Å². The van der Waals surface area contributed by atoms with Crippen LogP contribution in [0, 0.1) is 0 Å². The third-order valence-electron chi connectivity index (χ3n) is 5.14. The number of fused-ring (bicyclic) bond motifs is 3. The molecule has 1 N–H and O–H groups in total. The molecule has 8 nitrogen and oxygen atoms in total. The van der Waals surface area contributed by atoms with Gasteiger partial charge in [-0.15, -0.1) is 0 Å². The lowest BCUT2D eigenvalue weighted by Gasteiger charge is -2.27. The molecule has 0 bridgehead atoms. The van der Waals surface area contributed by atoms with Crippen molar-refractivity contribution >= 4 is 38.0 Å². The fourth-order valence-electron chi connectivity index (χ4n) is 3.77. The highest BCUT2D eigenvalue weighted by molar-refractivity contribution is 7.88. The first-order valence-corrected chi connectivity index (χ1v) is 11.6. The summed E-state index contributed by atoms with van der Waals surface area (Å²) in [5.41, 5.74) is -4.94. The number of hydrogen-bond acceptors (Lipinski definition) is 6. The summed E-state index contributed by atoms with van der Waals surface area (Å²) in [6.07, 6.45) is 1.06. The number of H-pyrrole nitrogens is 1. The van der Waals surface area contributed by atoms with Crippen LogP contribution in [0.25, 0.3) is 21.8 Å². The summed E-state index contributed by atoms with van der Waals surface area (Å²) in [7, 11) is -5.77. The lowest BCUT2D eigenvalue weighted by molar-refractivity contribution is -0.0500. The molecule has 12 heteroatoms. The summed E-state index contributed by atoms with van der Waals surface area (Å²) in [6.45, 7) is 5.91. The van der Waals surface area contributed by atoms with Crippen LogP contribution in [0.2, 0.25) is 0 Å². The van der Waals surface area contributed by atoms with Crippen molar-refractivity contribution in [2.24, 2.45) is 0 Å². The van der Waals surface area contributed by atoms with Gasteiger partial charge in [-0.1, -0.05) is 6.07 Å². The SMILES string of the molecule is CC(C)(C)OC(=O)N1CCC[C@H]1c1nc2c(ccc3cc(OS(=O)(=O)C(F)(F)F)ccc32)[nH]1. The average molecular weight is 485 g/mol. The molecule has 0 radical (unpaired) electrons. The maximum atomic E-state index is 12.6. The number of carbonyl (C=O) groups excluding carboxylic acids is 1.